The van der Waals surface area contributed by atoms with E-state index >= 15 is 0 Å². The highest BCUT2D eigenvalue weighted by atomic mass is 32.1. The molecule has 1 aromatic carbocycles. The third-order valence-corrected chi connectivity index (χ3v) is 7.15. The number of amides is 1. The van der Waals surface area contributed by atoms with Crippen molar-refractivity contribution in [2.24, 2.45) is 0 Å². The molecule has 2 heterocycles. The molecule has 4 rings (SSSR count). The highest BCUT2D eigenvalue weighted by Crippen LogP contribution is 2.39. The number of fused-ring (bicyclic) bond motifs is 1. The average molecular weight is 442 g/mol. The Morgan fingerprint density at radius 3 is 2.42 bits per heavy atom. The number of ether oxygens (including phenoxy) is 1. The minimum absolute atomic E-state index is 0.0636. The second kappa shape index (κ2) is 9.20. The zero-order valence-electron chi connectivity index (χ0n) is 17.9. The number of esters is 1. The van der Waals surface area contributed by atoms with E-state index in [1.165, 1.54) is 23.3 Å². The maximum Gasteiger partial charge on any atom is 0.341 e. The van der Waals surface area contributed by atoms with E-state index in [1.807, 2.05) is 24.3 Å². The number of benzene rings is 1. The number of nitrogens with one attached hydrogen (secondary N) is 1. The normalized spacial score (nSPS) is 16.1. The standard InChI is InChI=1S/C23H27N3O4S/c1-15(27)16-6-8-17(9-7-16)26-12-10-25(11-13-26)14-20(28)24-22-21(23(29)30-2)18-4-3-5-19(18)31-22/h6-9H,3-5,10-14H2,1-2H3,(H,24,28). The topological polar surface area (TPSA) is 79.0 Å². The summed E-state index contributed by atoms with van der Waals surface area (Å²) < 4.78 is 4.95. The summed E-state index contributed by atoms with van der Waals surface area (Å²) in [5.74, 6) is -0.419. The number of methoxy groups -OCH3 is 1. The van der Waals surface area contributed by atoms with Gasteiger partial charge in [0.2, 0.25) is 5.91 Å². The molecule has 1 aliphatic carbocycles. The number of aryl methyl sites for hydroxylation is 1. The Balaban J connectivity index is 1.33. The van der Waals surface area contributed by atoms with Crippen LogP contribution in [0.5, 0.6) is 0 Å². The number of ketones is 1. The minimum Gasteiger partial charge on any atom is -0.465 e. The largest absolute Gasteiger partial charge is 0.465 e. The van der Waals surface area contributed by atoms with Crippen LogP contribution in [-0.4, -0.2) is 62.4 Å². The van der Waals surface area contributed by atoms with E-state index in [2.05, 4.69) is 15.1 Å². The molecule has 0 spiro atoms. The lowest BCUT2D eigenvalue weighted by Crippen LogP contribution is -2.48. The molecule has 0 saturated carbocycles. The molecule has 0 bridgehead atoms. The molecule has 1 N–H and O–H groups in total. The molecule has 1 amide bonds. The predicted octanol–water partition coefficient (Wildman–Crippen LogP) is 2.99. The first-order chi connectivity index (χ1) is 15.0. The van der Waals surface area contributed by atoms with Gasteiger partial charge in [-0.2, -0.15) is 0 Å². The molecule has 0 unspecified atom stereocenters. The van der Waals surface area contributed by atoms with Gasteiger partial charge in [-0.05, 0) is 56.0 Å². The van der Waals surface area contributed by atoms with Gasteiger partial charge in [-0.3, -0.25) is 14.5 Å². The zero-order valence-corrected chi connectivity index (χ0v) is 18.7. The highest BCUT2D eigenvalue weighted by molar-refractivity contribution is 7.17. The summed E-state index contributed by atoms with van der Waals surface area (Å²) in [5.41, 5.74) is 3.37. The van der Waals surface area contributed by atoms with Crippen LogP contribution < -0.4 is 10.2 Å². The number of Topliss-reactive ketones (excluding diaryl/α,β-unsaturated/α-hetero) is 1. The summed E-state index contributed by atoms with van der Waals surface area (Å²) in [6.45, 7) is 5.03. The fraction of sp³-hybridized carbons (Fsp3) is 0.435. The van der Waals surface area contributed by atoms with E-state index in [4.69, 9.17) is 4.74 Å². The van der Waals surface area contributed by atoms with Crippen molar-refractivity contribution in [1.29, 1.82) is 0 Å². The summed E-state index contributed by atoms with van der Waals surface area (Å²) in [6.07, 6.45) is 2.86. The highest BCUT2D eigenvalue weighted by Gasteiger charge is 2.28. The number of nitrogens with zero attached hydrogens (tertiary/aromatic N) is 2. The number of carbonyl (C=O) groups excluding carboxylic acids is 3. The first kappa shape index (κ1) is 21.5. The van der Waals surface area contributed by atoms with Crippen LogP contribution in [0.4, 0.5) is 10.7 Å². The van der Waals surface area contributed by atoms with Crippen molar-refractivity contribution in [3.8, 4) is 0 Å². The van der Waals surface area contributed by atoms with Crippen LogP contribution >= 0.6 is 11.3 Å². The Morgan fingerprint density at radius 2 is 1.77 bits per heavy atom. The lowest BCUT2D eigenvalue weighted by molar-refractivity contribution is -0.117. The number of piperazine rings is 1. The molecule has 31 heavy (non-hydrogen) atoms. The summed E-state index contributed by atoms with van der Waals surface area (Å²) in [6, 6.07) is 7.66. The Hall–Kier alpha value is -2.71. The SMILES string of the molecule is COC(=O)c1c(NC(=O)CN2CCN(c3ccc(C(C)=O)cc3)CC2)sc2c1CCC2. The van der Waals surface area contributed by atoms with Gasteiger partial charge in [0.15, 0.2) is 5.78 Å². The van der Waals surface area contributed by atoms with Crippen LogP contribution in [0.15, 0.2) is 24.3 Å². The first-order valence-electron chi connectivity index (χ1n) is 10.6. The maximum absolute atomic E-state index is 12.7. The number of carbonyl (C=O) groups is 3. The molecule has 0 radical (unpaired) electrons. The molecule has 7 nitrogen and oxygen atoms in total. The van der Waals surface area contributed by atoms with Crippen molar-refractivity contribution in [2.75, 3.05) is 50.1 Å². The van der Waals surface area contributed by atoms with Crippen molar-refractivity contribution in [3.05, 3.63) is 45.8 Å². The Labute approximate surface area is 186 Å². The van der Waals surface area contributed by atoms with E-state index in [9.17, 15) is 14.4 Å². The lowest BCUT2D eigenvalue weighted by atomic mass is 10.1. The smallest absolute Gasteiger partial charge is 0.341 e. The van der Waals surface area contributed by atoms with Crippen LogP contribution in [0.1, 0.15) is 44.5 Å². The number of thiophene rings is 1. The van der Waals surface area contributed by atoms with Gasteiger partial charge < -0.3 is 15.0 Å². The van der Waals surface area contributed by atoms with Gasteiger partial charge in [0.25, 0.3) is 0 Å². The van der Waals surface area contributed by atoms with E-state index < -0.39 is 0 Å². The summed E-state index contributed by atoms with van der Waals surface area (Å²) in [7, 11) is 1.38. The van der Waals surface area contributed by atoms with E-state index in [-0.39, 0.29) is 17.7 Å². The predicted molar refractivity (Wildman–Crippen MR) is 121 cm³/mol. The molecule has 164 valence electrons. The zero-order chi connectivity index (χ0) is 22.0. The van der Waals surface area contributed by atoms with Crippen LogP contribution in [0.2, 0.25) is 0 Å². The van der Waals surface area contributed by atoms with Crippen LogP contribution in [0, 0.1) is 0 Å². The number of rotatable bonds is 6. The van der Waals surface area contributed by atoms with E-state index in [1.54, 1.807) is 6.92 Å². The van der Waals surface area contributed by atoms with Crippen molar-refractivity contribution in [1.82, 2.24) is 4.90 Å². The average Bonchev–Trinajstić information content (AvgIpc) is 3.34. The van der Waals surface area contributed by atoms with Crippen molar-refractivity contribution >= 4 is 39.7 Å². The van der Waals surface area contributed by atoms with Gasteiger partial charge in [0.05, 0.1) is 19.2 Å². The third kappa shape index (κ3) is 4.65. The van der Waals surface area contributed by atoms with Gasteiger partial charge in [-0.25, -0.2) is 4.79 Å². The Morgan fingerprint density at radius 1 is 1.06 bits per heavy atom. The van der Waals surface area contributed by atoms with Crippen molar-refractivity contribution in [3.63, 3.8) is 0 Å². The maximum atomic E-state index is 12.7. The third-order valence-electron chi connectivity index (χ3n) is 5.94. The minimum atomic E-state index is -0.376. The van der Waals surface area contributed by atoms with E-state index in [0.717, 1.165) is 56.7 Å². The number of anilines is 2. The Kier molecular flexibility index (Phi) is 6.38. The van der Waals surface area contributed by atoms with Crippen LogP contribution in [0.25, 0.3) is 0 Å². The van der Waals surface area contributed by atoms with Gasteiger partial charge in [0.1, 0.15) is 5.00 Å². The molecular weight excluding hydrogens is 414 g/mol. The van der Waals surface area contributed by atoms with Crippen LogP contribution in [0.3, 0.4) is 0 Å². The molecule has 1 saturated heterocycles. The lowest BCUT2D eigenvalue weighted by Gasteiger charge is -2.35. The molecule has 1 fully saturated rings. The molecule has 0 atom stereocenters. The molecule has 1 aromatic heterocycles. The first-order valence-corrected chi connectivity index (χ1v) is 11.4. The van der Waals surface area contributed by atoms with Crippen molar-refractivity contribution in [2.45, 2.75) is 26.2 Å². The summed E-state index contributed by atoms with van der Waals surface area (Å²) in [4.78, 5) is 41.9. The summed E-state index contributed by atoms with van der Waals surface area (Å²) >= 11 is 1.50. The molecule has 1 aliphatic heterocycles. The quantitative estimate of drug-likeness (QED) is 0.549. The Bertz CT molecular complexity index is 991. The second-order valence-electron chi connectivity index (χ2n) is 7.97. The molecular formula is C23H27N3O4S. The van der Waals surface area contributed by atoms with Crippen molar-refractivity contribution < 1.29 is 19.1 Å². The molecule has 2 aromatic rings. The van der Waals surface area contributed by atoms with E-state index in [0.29, 0.717) is 22.7 Å². The van der Waals surface area contributed by atoms with Gasteiger partial charge in [-0.1, -0.05) is 0 Å². The summed E-state index contributed by atoms with van der Waals surface area (Å²) in [5, 5.41) is 3.57. The molecule has 8 heteroatoms. The van der Waals surface area contributed by atoms with Gasteiger partial charge in [0, 0.05) is 42.3 Å². The fourth-order valence-corrected chi connectivity index (χ4v) is 5.54. The second-order valence-corrected chi connectivity index (χ2v) is 9.07. The van der Waals surface area contributed by atoms with Gasteiger partial charge in [-0.15, -0.1) is 11.3 Å². The number of hydrogen-bond donors (Lipinski definition) is 1. The van der Waals surface area contributed by atoms with Crippen LogP contribution in [-0.2, 0) is 22.4 Å². The monoisotopic (exact) mass is 441 g/mol. The number of hydrogen-bond acceptors (Lipinski definition) is 7. The fourth-order valence-electron chi connectivity index (χ4n) is 4.25. The van der Waals surface area contributed by atoms with Gasteiger partial charge >= 0.3 is 5.97 Å². The molecule has 2 aliphatic rings.